The molecule has 0 saturated carbocycles. The van der Waals surface area contributed by atoms with E-state index < -0.39 is 0 Å². The van der Waals surface area contributed by atoms with Crippen molar-refractivity contribution < 1.29 is 9.18 Å². The summed E-state index contributed by atoms with van der Waals surface area (Å²) >= 11 is 2.90. The summed E-state index contributed by atoms with van der Waals surface area (Å²) in [5.41, 5.74) is 2.32. The van der Waals surface area contributed by atoms with Crippen LogP contribution in [-0.2, 0) is 0 Å². The second-order valence-corrected chi connectivity index (χ2v) is 7.83. The Morgan fingerprint density at radius 2 is 1.96 bits per heavy atom. The van der Waals surface area contributed by atoms with E-state index in [9.17, 15) is 9.18 Å². The number of fused-ring (bicyclic) bond motifs is 2. The number of rotatable bonds is 2. The minimum absolute atomic E-state index is 0.214. The van der Waals surface area contributed by atoms with Crippen molar-refractivity contribution in [1.82, 2.24) is 4.98 Å². The number of aromatic nitrogens is 1. The Kier molecular flexibility index (Phi) is 3.58. The van der Waals surface area contributed by atoms with E-state index in [1.807, 2.05) is 31.2 Å². The number of hydrogen-bond donors (Lipinski definition) is 1. The van der Waals surface area contributed by atoms with Gasteiger partial charge in [-0.1, -0.05) is 6.07 Å². The summed E-state index contributed by atoms with van der Waals surface area (Å²) in [4.78, 5) is 17.6. The Bertz CT molecular complexity index is 1100. The average Bonchev–Trinajstić information content (AvgIpc) is 3.07. The lowest BCUT2D eigenvalue weighted by atomic mass is 10.1. The van der Waals surface area contributed by atoms with E-state index >= 15 is 0 Å². The fraction of sp³-hybridized carbons (Fsp3) is 0.111. The molecule has 4 rings (SSSR count). The Balaban J connectivity index is 1.70. The highest BCUT2D eigenvalue weighted by Crippen LogP contribution is 2.33. The quantitative estimate of drug-likeness (QED) is 0.514. The first kappa shape index (κ1) is 15.2. The lowest BCUT2D eigenvalue weighted by Gasteiger charge is -2.04. The highest BCUT2D eigenvalue weighted by molar-refractivity contribution is 7.21. The van der Waals surface area contributed by atoms with E-state index in [0.717, 1.165) is 19.9 Å². The largest absolute Gasteiger partial charge is 0.321 e. The second-order valence-electron chi connectivity index (χ2n) is 5.54. The molecule has 0 bridgehead atoms. The first-order valence-corrected chi connectivity index (χ1v) is 9.02. The van der Waals surface area contributed by atoms with Gasteiger partial charge in [0.25, 0.3) is 5.91 Å². The van der Waals surface area contributed by atoms with Crippen LogP contribution in [0.5, 0.6) is 0 Å². The van der Waals surface area contributed by atoms with Crippen LogP contribution in [0, 0.1) is 19.7 Å². The molecule has 1 N–H and O–H groups in total. The van der Waals surface area contributed by atoms with Crippen LogP contribution in [0.2, 0.25) is 0 Å². The van der Waals surface area contributed by atoms with Gasteiger partial charge in [-0.2, -0.15) is 0 Å². The van der Waals surface area contributed by atoms with Gasteiger partial charge in [0.15, 0.2) is 0 Å². The molecule has 3 nitrogen and oxygen atoms in total. The van der Waals surface area contributed by atoms with E-state index in [1.54, 1.807) is 24.3 Å². The number of anilines is 1. The number of aryl methyl sites for hydroxylation is 2. The third-order valence-corrected chi connectivity index (χ3v) is 6.05. The van der Waals surface area contributed by atoms with Gasteiger partial charge in [-0.25, -0.2) is 9.37 Å². The Morgan fingerprint density at radius 1 is 1.12 bits per heavy atom. The van der Waals surface area contributed by atoms with Gasteiger partial charge >= 0.3 is 0 Å². The Morgan fingerprint density at radius 3 is 2.75 bits per heavy atom. The van der Waals surface area contributed by atoms with Gasteiger partial charge in [-0.05, 0) is 49.7 Å². The molecule has 2 aromatic heterocycles. The van der Waals surface area contributed by atoms with Crippen molar-refractivity contribution in [3.63, 3.8) is 0 Å². The Labute approximate surface area is 145 Å². The minimum Gasteiger partial charge on any atom is -0.321 e. The third kappa shape index (κ3) is 2.48. The van der Waals surface area contributed by atoms with E-state index in [4.69, 9.17) is 0 Å². The van der Waals surface area contributed by atoms with Crippen LogP contribution >= 0.6 is 22.7 Å². The Hall–Kier alpha value is -2.31. The van der Waals surface area contributed by atoms with Crippen LogP contribution in [0.3, 0.4) is 0 Å². The molecular weight excluding hydrogens is 343 g/mol. The molecule has 1 amide bonds. The minimum atomic E-state index is -0.290. The molecule has 0 radical (unpaired) electrons. The van der Waals surface area contributed by atoms with Crippen LogP contribution in [-0.4, -0.2) is 10.9 Å². The number of halogens is 1. The van der Waals surface area contributed by atoms with Crippen LogP contribution in [0.4, 0.5) is 10.1 Å². The molecule has 0 saturated heterocycles. The zero-order valence-electron chi connectivity index (χ0n) is 13.0. The number of amides is 1. The maximum absolute atomic E-state index is 14.0. The lowest BCUT2D eigenvalue weighted by molar-refractivity contribution is 0.103. The van der Waals surface area contributed by atoms with Crippen LogP contribution in [0.15, 0.2) is 36.4 Å². The van der Waals surface area contributed by atoms with Gasteiger partial charge in [0.2, 0.25) is 0 Å². The average molecular weight is 356 g/mol. The van der Waals surface area contributed by atoms with Crippen molar-refractivity contribution in [2.75, 3.05) is 5.32 Å². The number of benzene rings is 2. The van der Waals surface area contributed by atoms with E-state index in [1.165, 1.54) is 17.4 Å². The summed E-state index contributed by atoms with van der Waals surface area (Å²) in [7, 11) is 0. The molecule has 120 valence electrons. The van der Waals surface area contributed by atoms with Gasteiger partial charge in [0.1, 0.15) is 5.82 Å². The van der Waals surface area contributed by atoms with Crippen LogP contribution in [0.25, 0.3) is 20.3 Å². The first-order chi connectivity index (χ1) is 11.5. The van der Waals surface area contributed by atoms with E-state index in [0.29, 0.717) is 21.5 Å². The predicted octanol–water partition coefficient (Wildman–Crippen LogP) is 5.52. The number of thiophene rings is 1. The second kappa shape index (κ2) is 5.65. The monoisotopic (exact) mass is 356 g/mol. The van der Waals surface area contributed by atoms with Crippen LogP contribution < -0.4 is 5.32 Å². The zero-order valence-corrected chi connectivity index (χ0v) is 14.6. The van der Waals surface area contributed by atoms with Gasteiger partial charge in [-0.3, -0.25) is 4.79 Å². The number of nitrogens with zero attached hydrogens (tertiary/aromatic N) is 1. The third-order valence-electron chi connectivity index (χ3n) is 3.86. The summed E-state index contributed by atoms with van der Waals surface area (Å²) in [6.45, 7) is 3.74. The van der Waals surface area contributed by atoms with Crippen molar-refractivity contribution in [3.05, 3.63) is 57.7 Å². The molecule has 0 unspecified atom stereocenters. The van der Waals surface area contributed by atoms with Crippen molar-refractivity contribution in [2.24, 2.45) is 0 Å². The van der Waals surface area contributed by atoms with Crippen molar-refractivity contribution in [1.29, 1.82) is 0 Å². The summed E-state index contributed by atoms with van der Waals surface area (Å²) in [6.07, 6.45) is 0. The zero-order chi connectivity index (χ0) is 16.8. The molecule has 0 aliphatic rings. The molecule has 0 aliphatic carbocycles. The summed E-state index contributed by atoms with van der Waals surface area (Å²) in [5, 5.41) is 4.43. The maximum Gasteiger partial charge on any atom is 0.266 e. The molecule has 4 aromatic rings. The molecule has 0 fully saturated rings. The SMILES string of the molecule is Cc1nc2ccc(NC(=O)c3sc4cccc(F)c4c3C)cc2s1. The standard InChI is InChI=1S/C18H13FN2OS2/c1-9-16-12(19)4-3-5-14(16)24-17(9)18(22)21-11-6-7-13-15(8-11)23-10(2)20-13/h3-8H,1-2H3,(H,21,22). The smallest absolute Gasteiger partial charge is 0.266 e. The maximum atomic E-state index is 14.0. The highest BCUT2D eigenvalue weighted by Gasteiger charge is 2.18. The lowest BCUT2D eigenvalue weighted by Crippen LogP contribution is -2.11. The summed E-state index contributed by atoms with van der Waals surface area (Å²) in [5.74, 6) is -0.504. The van der Waals surface area contributed by atoms with Crippen LogP contribution in [0.1, 0.15) is 20.2 Å². The molecule has 6 heteroatoms. The number of hydrogen-bond acceptors (Lipinski definition) is 4. The number of nitrogens with one attached hydrogen (secondary N) is 1. The molecule has 0 spiro atoms. The van der Waals surface area contributed by atoms with Gasteiger partial charge < -0.3 is 5.32 Å². The van der Waals surface area contributed by atoms with Crippen molar-refractivity contribution >= 4 is 54.6 Å². The van der Waals surface area contributed by atoms with Gasteiger partial charge in [-0.15, -0.1) is 22.7 Å². The molecule has 0 aliphatic heterocycles. The number of thiazole rings is 1. The summed E-state index contributed by atoms with van der Waals surface area (Å²) in [6, 6.07) is 10.6. The molecule has 2 aromatic carbocycles. The topological polar surface area (TPSA) is 42.0 Å². The molecule has 24 heavy (non-hydrogen) atoms. The number of carbonyl (C=O) groups excluding carboxylic acids is 1. The molecular formula is C18H13FN2OS2. The van der Waals surface area contributed by atoms with Gasteiger partial charge in [0.05, 0.1) is 20.1 Å². The molecule has 2 heterocycles. The summed E-state index contributed by atoms with van der Waals surface area (Å²) < 4.78 is 15.8. The van der Waals surface area contributed by atoms with Gasteiger partial charge in [0, 0.05) is 15.8 Å². The number of carbonyl (C=O) groups is 1. The fourth-order valence-electron chi connectivity index (χ4n) is 2.78. The fourth-order valence-corrected chi connectivity index (χ4v) is 4.76. The normalized spacial score (nSPS) is 11.3. The molecule has 0 atom stereocenters. The highest BCUT2D eigenvalue weighted by atomic mass is 32.1. The van der Waals surface area contributed by atoms with Crippen molar-refractivity contribution in [3.8, 4) is 0 Å². The van der Waals surface area contributed by atoms with E-state index in [-0.39, 0.29) is 11.7 Å². The van der Waals surface area contributed by atoms with E-state index in [2.05, 4.69) is 10.3 Å². The first-order valence-electron chi connectivity index (χ1n) is 7.39. The van der Waals surface area contributed by atoms with Crippen molar-refractivity contribution in [2.45, 2.75) is 13.8 Å². The predicted molar refractivity (Wildman–Crippen MR) is 98.8 cm³/mol.